The molecular formula is C16H11Cl2NO3S. The lowest BCUT2D eigenvalue weighted by Crippen LogP contribution is -2.07. The fourth-order valence-corrected chi connectivity index (χ4v) is 3.18. The maximum Gasteiger partial charge on any atom is 0.316 e. The summed E-state index contributed by atoms with van der Waals surface area (Å²) in [5.74, 6) is 0.110. The van der Waals surface area contributed by atoms with Crippen LogP contribution in [0.25, 0.3) is 11.1 Å². The summed E-state index contributed by atoms with van der Waals surface area (Å²) < 4.78 is 10.6. The number of aromatic nitrogens is 1. The van der Waals surface area contributed by atoms with Crippen LogP contribution in [-0.2, 0) is 16.1 Å². The number of thioether (sulfide) groups is 1. The van der Waals surface area contributed by atoms with E-state index >= 15 is 0 Å². The zero-order valence-corrected chi connectivity index (χ0v) is 14.1. The second-order valence-electron chi connectivity index (χ2n) is 4.60. The molecule has 118 valence electrons. The van der Waals surface area contributed by atoms with Crippen LogP contribution in [0.5, 0.6) is 0 Å². The Hall–Kier alpha value is -1.69. The second kappa shape index (κ2) is 7.25. The van der Waals surface area contributed by atoms with Crippen molar-refractivity contribution in [2.45, 2.75) is 11.5 Å². The van der Waals surface area contributed by atoms with E-state index in [0.29, 0.717) is 21.5 Å². The Morgan fingerprint density at radius 3 is 2.87 bits per heavy atom. The number of hydrogen-bond acceptors (Lipinski definition) is 5. The minimum atomic E-state index is -0.381. The summed E-state index contributed by atoms with van der Waals surface area (Å²) in [6.07, 6.45) is 0. The van der Waals surface area contributed by atoms with Crippen LogP contribution < -0.4 is 0 Å². The molecular weight excluding hydrogens is 357 g/mol. The molecule has 0 saturated carbocycles. The molecule has 0 aliphatic heterocycles. The number of halogens is 2. The van der Waals surface area contributed by atoms with Gasteiger partial charge in [-0.25, -0.2) is 4.98 Å². The lowest BCUT2D eigenvalue weighted by molar-refractivity contribution is -0.142. The van der Waals surface area contributed by atoms with E-state index in [1.165, 1.54) is 11.8 Å². The van der Waals surface area contributed by atoms with Crippen LogP contribution >= 0.6 is 35.0 Å². The van der Waals surface area contributed by atoms with Gasteiger partial charge in [0.05, 0.1) is 10.8 Å². The second-order valence-corrected chi connectivity index (χ2v) is 6.46. The van der Waals surface area contributed by atoms with Crippen molar-refractivity contribution in [2.24, 2.45) is 0 Å². The van der Waals surface area contributed by atoms with Crippen molar-refractivity contribution in [3.8, 4) is 0 Å². The summed E-state index contributed by atoms with van der Waals surface area (Å²) >= 11 is 13.2. The molecule has 0 radical (unpaired) electrons. The Kier molecular flexibility index (Phi) is 5.10. The molecule has 0 spiro atoms. The van der Waals surface area contributed by atoms with Crippen molar-refractivity contribution >= 4 is 52.0 Å². The first-order valence-electron chi connectivity index (χ1n) is 6.70. The van der Waals surface area contributed by atoms with Crippen LogP contribution in [-0.4, -0.2) is 16.7 Å². The summed E-state index contributed by atoms with van der Waals surface area (Å²) in [6.45, 7) is -0.00263. The molecule has 3 rings (SSSR count). The number of benzene rings is 2. The Balaban J connectivity index is 1.54. The summed E-state index contributed by atoms with van der Waals surface area (Å²) in [5, 5.41) is 1.11. The summed E-state index contributed by atoms with van der Waals surface area (Å²) in [7, 11) is 0. The highest BCUT2D eigenvalue weighted by atomic mass is 35.5. The minimum absolute atomic E-state index is 0.00263. The Bertz CT molecular complexity index is 817. The maximum atomic E-state index is 11.8. The van der Waals surface area contributed by atoms with Gasteiger partial charge in [0.25, 0.3) is 0 Å². The summed E-state index contributed by atoms with van der Waals surface area (Å²) in [4.78, 5) is 16.8. The van der Waals surface area contributed by atoms with Gasteiger partial charge in [0, 0.05) is 9.92 Å². The molecule has 0 aliphatic rings. The van der Waals surface area contributed by atoms with Gasteiger partial charge < -0.3 is 9.15 Å². The number of nitrogens with zero attached hydrogens (tertiary/aromatic N) is 1. The molecule has 0 amide bonds. The fourth-order valence-electron chi connectivity index (χ4n) is 1.89. The number of carbonyl (C=O) groups is 1. The van der Waals surface area contributed by atoms with Crippen molar-refractivity contribution in [2.75, 3.05) is 5.75 Å². The minimum Gasteiger partial charge on any atom is -0.455 e. The SMILES string of the molecule is O=C(CSc1cc(Cl)ccc1Cl)OCc1nc2ccccc2o1. The van der Waals surface area contributed by atoms with Crippen molar-refractivity contribution in [1.29, 1.82) is 0 Å². The third kappa shape index (κ3) is 4.19. The molecule has 2 aromatic carbocycles. The van der Waals surface area contributed by atoms with Crippen LogP contribution in [0.3, 0.4) is 0 Å². The van der Waals surface area contributed by atoms with E-state index in [-0.39, 0.29) is 18.3 Å². The van der Waals surface area contributed by atoms with Gasteiger partial charge in [0.1, 0.15) is 5.52 Å². The molecule has 0 fully saturated rings. The summed E-state index contributed by atoms with van der Waals surface area (Å²) in [6, 6.07) is 12.5. The molecule has 0 saturated heterocycles. The number of rotatable bonds is 5. The van der Waals surface area contributed by atoms with Gasteiger partial charge in [-0.2, -0.15) is 0 Å². The van der Waals surface area contributed by atoms with E-state index in [4.69, 9.17) is 32.4 Å². The van der Waals surface area contributed by atoms with E-state index in [0.717, 1.165) is 10.4 Å². The first kappa shape index (κ1) is 16.2. The van der Waals surface area contributed by atoms with Crippen LogP contribution in [0.15, 0.2) is 51.8 Å². The number of ether oxygens (including phenoxy) is 1. The number of esters is 1. The third-order valence-corrected chi connectivity index (χ3v) is 4.64. The third-order valence-electron chi connectivity index (χ3n) is 2.93. The standard InChI is InChI=1S/C16H11Cl2NO3S/c17-10-5-6-11(18)14(7-10)23-9-16(20)21-8-15-19-12-3-1-2-4-13(12)22-15/h1-7H,8-9H2. The Morgan fingerprint density at radius 2 is 2.04 bits per heavy atom. The molecule has 0 atom stereocenters. The lowest BCUT2D eigenvalue weighted by atomic mass is 10.3. The van der Waals surface area contributed by atoms with Gasteiger partial charge in [0.15, 0.2) is 12.2 Å². The average Bonchev–Trinajstić information content (AvgIpc) is 2.96. The quantitative estimate of drug-likeness (QED) is 0.470. The zero-order chi connectivity index (χ0) is 16.2. The molecule has 23 heavy (non-hydrogen) atoms. The van der Waals surface area contributed by atoms with Gasteiger partial charge in [-0.1, -0.05) is 35.3 Å². The van der Waals surface area contributed by atoms with Crippen LogP contribution in [0.4, 0.5) is 0 Å². The monoisotopic (exact) mass is 367 g/mol. The molecule has 0 unspecified atom stereocenters. The van der Waals surface area contributed by atoms with Crippen molar-refractivity contribution < 1.29 is 13.9 Å². The van der Waals surface area contributed by atoms with Gasteiger partial charge in [-0.3, -0.25) is 4.79 Å². The number of oxazole rings is 1. The molecule has 0 N–H and O–H groups in total. The van der Waals surface area contributed by atoms with E-state index < -0.39 is 0 Å². The highest BCUT2D eigenvalue weighted by Gasteiger charge is 2.11. The zero-order valence-electron chi connectivity index (χ0n) is 11.8. The largest absolute Gasteiger partial charge is 0.455 e. The molecule has 3 aromatic rings. The van der Waals surface area contributed by atoms with Crippen molar-refractivity contribution in [1.82, 2.24) is 4.98 Å². The molecule has 1 heterocycles. The topological polar surface area (TPSA) is 52.3 Å². The van der Waals surface area contributed by atoms with Crippen LogP contribution in [0.1, 0.15) is 5.89 Å². The summed E-state index contributed by atoms with van der Waals surface area (Å²) in [5.41, 5.74) is 1.40. The number of para-hydroxylation sites is 2. The first-order chi connectivity index (χ1) is 11.1. The number of hydrogen-bond donors (Lipinski definition) is 0. The van der Waals surface area contributed by atoms with E-state index in [9.17, 15) is 4.79 Å². The fraction of sp³-hybridized carbons (Fsp3) is 0.125. The normalized spacial score (nSPS) is 10.9. The lowest BCUT2D eigenvalue weighted by Gasteiger charge is -2.05. The predicted octanol–water partition coefficient (Wildman–Crippen LogP) is 4.97. The highest BCUT2D eigenvalue weighted by Crippen LogP contribution is 2.29. The van der Waals surface area contributed by atoms with Crippen molar-refractivity contribution in [3.63, 3.8) is 0 Å². The molecule has 1 aromatic heterocycles. The molecule has 0 bridgehead atoms. The van der Waals surface area contributed by atoms with Gasteiger partial charge in [-0.15, -0.1) is 11.8 Å². The smallest absolute Gasteiger partial charge is 0.316 e. The maximum absolute atomic E-state index is 11.8. The molecule has 0 aliphatic carbocycles. The Labute approximate surface area is 146 Å². The average molecular weight is 368 g/mol. The van der Waals surface area contributed by atoms with E-state index in [1.807, 2.05) is 24.3 Å². The van der Waals surface area contributed by atoms with Gasteiger partial charge in [0.2, 0.25) is 5.89 Å². The first-order valence-corrected chi connectivity index (χ1v) is 8.44. The van der Waals surface area contributed by atoms with Crippen LogP contribution in [0.2, 0.25) is 10.0 Å². The Morgan fingerprint density at radius 1 is 1.22 bits per heavy atom. The van der Waals surface area contributed by atoms with Crippen molar-refractivity contribution in [3.05, 3.63) is 58.4 Å². The highest BCUT2D eigenvalue weighted by molar-refractivity contribution is 8.00. The number of fused-ring (bicyclic) bond motifs is 1. The van der Waals surface area contributed by atoms with Gasteiger partial charge >= 0.3 is 5.97 Å². The van der Waals surface area contributed by atoms with Gasteiger partial charge in [-0.05, 0) is 30.3 Å². The number of carbonyl (C=O) groups excluding carboxylic acids is 1. The predicted molar refractivity (Wildman–Crippen MR) is 91.0 cm³/mol. The van der Waals surface area contributed by atoms with E-state index in [1.54, 1.807) is 18.2 Å². The van der Waals surface area contributed by atoms with Crippen LogP contribution in [0, 0.1) is 0 Å². The molecule has 4 nitrogen and oxygen atoms in total. The molecule has 7 heteroatoms. The van der Waals surface area contributed by atoms with E-state index in [2.05, 4.69) is 4.98 Å².